The van der Waals surface area contributed by atoms with Crippen molar-refractivity contribution in [3.63, 3.8) is 0 Å². The molecule has 0 spiro atoms. The maximum atomic E-state index is 12.5. The Morgan fingerprint density at radius 3 is 2.70 bits per heavy atom. The van der Waals surface area contributed by atoms with Crippen molar-refractivity contribution in [2.24, 2.45) is 0 Å². The molecule has 6 heteroatoms. The number of anilines is 1. The SMILES string of the molecule is CCNc1cc(C(=O)N2CCC(=C(F)F)CC2)ccn1. The molecular weight excluding hydrogens is 264 g/mol. The molecule has 2 heterocycles. The van der Waals surface area contributed by atoms with Crippen LogP contribution in [0.2, 0.25) is 0 Å². The molecule has 0 saturated carbocycles. The van der Waals surface area contributed by atoms with Crippen molar-refractivity contribution in [3.8, 4) is 0 Å². The van der Waals surface area contributed by atoms with Crippen LogP contribution in [0.25, 0.3) is 0 Å². The molecule has 1 saturated heterocycles. The molecule has 1 aromatic rings. The molecule has 108 valence electrons. The Morgan fingerprint density at radius 1 is 1.40 bits per heavy atom. The standard InChI is InChI=1S/C14H17F2N3O/c1-2-17-12-9-11(3-6-18-12)14(20)19-7-4-10(5-8-19)13(15)16/h3,6,9H,2,4-5,7-8H2,1H3,(H,17,18). The third kappa shape index (κ3) is 3.31. The summed E-state index contributed by atoms with van der Waals surface area (Å²) in [5, 5.41) is 3.04. The van der Waals surface area contributed by atoms with Crippen LogP contribution in [0, 0.1) is 0 Å². The van der Waals surface area contributed by atoms with Gasteiger partial charge >= 0.3 is 0 Å². The highest BCUT2D eigenvalue weighted by Crippen LogP contribution is 2.23. The quantitative estimate of drug-likeness (QED) is 0.926. The van der Waals surface area contributed by atoms with Gasteiger partial charge in [-0.05, 0) is 37.5 Å². The molecule has 2 rings (SSSR count). The Bertz CT molecular complexity index is 517. The van der Waals surface area contributed by atoms with Gasteiger partial charge in [0.25, 0.3) is 12.0 Å². The third-order valence-electron chi connectivity index (χ3n) is 3.29. The number of amides is 1. The van der Waals surface area contributed by atoms with Crippen molar-refractivity contribution in [2.75, 3.05) is 25.0 Å². The van der Waals surface area contributed by atoms with Crippen LogP contribution in [-0.2, 0) is 0 Å². The van der Waals surface area contributed by atoms with E-state index < -0.39 is 6.08 Å². The summed E-state index contributed by atoms with van der Waals surface area (Å²) >= 11 is 0. The van der Waals surface area contributed by atoms with Crippen LogP contribution < -0.4 is 5.32 Å². The molecule has 0 unspecified atom stereocenters. The summed E-state index contributed by atoms with van der Waals surface area (Å²) in [7, 11) is 0. The van der Waals surface area contributed by atoms with Crippen LogP contribution in [-0.4, -0.2) is 35.4 Å². The van der Waals surface area contributed by atoms with Crippen molar-refractivity contribution in [1.82, 2.24) is 9.88 Å². The van der Waals surface area contributed by atoms with Gasteiger partial charge in [0.2, 0.25) is 0 Å². The summed E-state index contributed by atoms with van der Waals surface area (Å²) in [6, 6.07) is 3.33. The van der Waals surface area contributed by atoms with Gasteiger partial charge in [0, 0.05) is 31.4 Å². The van der Waals surface area contributed by atoms with Gasteiger partial charge in [-0.2, -0.15) is 8.78 Å². The van der Waals surface area contributed by atoms with Crippen LogP contribution in [0.5, 0.6) is 0 Å². The zero-order valence-electron chi connectivity index (χ0n) is 11.3. The first-order valence-electron chi connectivity index (χ1n) is 6.64. The summed E-state index contributed by atoms with van der Waals surface area (Å²) in [6.07, 6.45) is 0.468. The monoisotopic (exact) mass is 281 g/mol. The molecule has 1 aliphatic rings. The average molecular weight is 281 g/mol. The maximum absolute atomic E-state index is 12.5. The van der Waals surface area contributed by atoms with Gasteiger partial charge in [0.05, 0.1) is 0 Å². The zero-order valence-corrected chi connectivity index (χ0v) is 11.3. The predicted octanol–water partition coefficient (Wildman–Crippen LogP) is 2.90. The second-order valence-corrected chi connectivity index (χ2v) is 4.62. The van der Waals surface area contributed by atoms with Gasteiger partial charge in [0.15, 0.2) is 0 Å². The van der Waals surface area contributed by atoms with Gasteiger partial charge in [-0.3, -0.25) is 4.79 Å². The van der Waals surface area contributed by atoms with E-state index in [1.165, 1.54) is 0 Å². The summed E-state index contributed by atoms with van der Waals surface area (Å²) < 4.78 is 24.9. The molecule has 1 aliphatic heterocycles. The second kappa shape index (κ2) is 6.45. The number of carbonyl (C=O) groups is 1. The van der Waals surface area contributed by atoms with Crippen LogP contribution in [0.3, 0.4) is 0 Å². The normalized spacial score (nSPS) is 15.2. The lowest BCUT2D eigenvalue weighted by Gasteiger charge is -2.28. The number of hydrogen-bond acceptors (Lipinski definition) is 3. The number of nitrogens with one attached hydrogen (secondary N) is 1. The Labute approximate surface area is 116 Å². The van der Waals surface area contributed by atoms with Crippen molar-refractivity contribution < 1.29 is 13.6 Å². The number of aromatic nitrogens is 1. The first-order valence-corrected chi connectivity index (χ1v) is 6.64. The number of nitrogens with zero attached hydrogens (tertiary/aromatic N) is 2. The van der Waals surface area contributed by atoms with Crippen molar-refractivity contribution in [2.45, 2.75) is 19.8 Å². The highest BCUT2D eigenvalue weighted by Gasteiger charge is 2.22. The van der Waals surface area contributed by atoms with E-state index in [0.29, 0.717) is 24.5 Å². The van der Waals surface area contributed by atoms with Crippen LogP contribution >= 0.6 is 0 Å². The van der Waals surface area contributed by atoms with E-state index in [2.05, 4.69) is 10.3 Å². The van der Waals surface area contributed by atoms with E-state index >= 15 is 0 Å². The first kappa shape index (κ1) is 14.4. The molecule has 1 amide bonds. The number of halogens is 2. The Hall–Kier alpha value is -1.98. The van der Waals surface area contributed by atoms with E-state index in [1.807, 2.05) is 6.92 Å². The highest BCUT2D eigenvalue weighted by molar-refractivity contribution is 5.94. The van der Waals surface area contributed by atoms with E-state index in [4.69, 9.17) is 0 Å². The average Bonchev–Trinajstić information content (AvgIpc) is 2.47. The number of piperidine rings is 1. The lowest BCUT2D eigenvalue weighted by molar-refractivity contribution is 0.0740. The molecule has 1 fully saturated rings. The summed E-state index contributed by atoms with van der Waals surface area (Å²) in [6.45, 7) is 3.34. The van der Waals surface area contributed by atoms with Gasteiger partial charge in [0.1, 0.15) is 5.82 Å². The van der Waals surface area contributed by atoms with Gasteiger partial charge in [-0.15, -0.1) is 0 Å². The van der Waals surface area contributed by atoms with Gasteiger partial charge < -0.3 is 10.2 Å². The minimum atomic E-state index is -1.60. The molecule has 0 atom stereocenters. The van der Waals surface area contributed by atoms with E-state index in [9.17, 15) is 13.6 Å². The second-order valence-electron chi connectivity index (χ2n) is 4.62. The van der Waals surface area contributed by atoms with Gasteiger partial charge in [-0.25, -0.2) is 4.98 Å². The molecule has 0 aliphatic carbocycles. The summed E-state index contributed by atoms with van der Waals surface area (Å²) in [5.41, 5.74) is 0.696. The fourth-order valence-corrected chi connectivity index (χ4v) is 2.19. The minimum absolute atomic E-state index is 0.134. The molecule has 0 radical (unpaired) electrons. The number of likely N-dealkylation sites (tertiary alicyclic amines) is 1. The largest absolute Gasteiger partial charge is 0.370 e. The van der Waals surface area contributed by atoms with Crippen LogP contribution in [0.4, 0.5) is 14.6 Å². The van der Waals surface area contributed by atoms with Crippen molar-refractivity contribution >= 4 is 11.7 Å². The molecule has 0 aromatic carbocycles. The predicted molar refractivity (Wildman–Crippen MR) is 72.8 cm³/mol. The number of rotatable bonds is 3. The molecule has 1 N–H and O–H groups in total. The molecule has 20 heavy (non-hydrogen) atoms. The van der Waals surface area contributed by atoms with E-state index in [0.717, 1.165) is 6.54 Å². The lowest BCUT2D eigenvalue weighted by atomic mass is 10.0. The van der Waals surface area contributed by atoms with Gasteiger partial charge in [-0.1, -0.05) is 0 Å². The molecular formula is C14H17F2N3O. The summed E-state index contributed by atoms with van der Waals surface area (Å²) in [5.74, 6) is 0.510. The lowest BCUT2D eigenvalue weighted by Crippen LogP contribution is -2.36. The van der Waals surface area contributed by atoms with E-state index in [1.54, 1.807) is 23.2 Å². The third-order valence-corrected chi connectivity index (χ3v) is 3.29. The molecule has 1 aromatic heterocycles. The zero-order chi connectivity index (χ0) is 14.5. The summed E-state index contributed by atoms with van der Waals surface area (Å²) in [4.78, 5) is 18.0. The maximum Gasteiger partial charge on any atom is 0.269 e. The smallest absolute Gasteiger partial charge is 0.269 e. The molecule has 4 nitrogen and oxygen atoms in total. The first-order chi connectivity index (χ1) is 9.61. The number of pyridine rings is 1. The minimum Gasteiger partial charge on any atom is -0.370 e. The fourth-order valence-electron chi connectivity index (χ4n) is 2.19. The van der Waals surface area contributed by atoms with Crippen molar-refractivity contribution in [3.05, 3.63) is 35.5 Å². The number of hydrogen-bond donors (Lipinski definition) is 1. The van der Waals surface area contributed by atoms with Crippen LogP contribution in [0.1, 0.15) is 30.1 Å². The Kier molecular flexibility index (Phi) is 4.65. The van der Waals surface area contributed by atoms with Crippen LogP contribution in [0.15, 0.2) is 30.0 Å². The fraction of sp³-hybridized carbons (Fsp3) is 0.429. The van der Waals surface area contributed by atoms with E-state index in [-0.39, 0.29) is 24.3 Å². The highest BCUT2D eigenvalue weighted by atomic mass is 19.3. The Morgan fingerprint density at radius 2 is 2.10 bits per heavy atom. The number of carbonyl (C=O) groups excluding carboxylic acids is 1. The molecule has 0 bridgehead atoms. The topological polar surface area (TPSA) is 45.2 Å². The van der Waals surface area contributed by atoms with Crippen molar-refractivity contribution in [1.29, 1.82) is 0 Å². The Balaban J connectivity index is 2.05.